The lowest BCUT2D eigenvalue weighted by atomic mass is 9.71. The van der Waals surface area contributed by atoms with Crippen LogP contribution in [0.15, 0.2) is 24.3 Å². The summed E-state index contributed by atoms with van der Waals surface area (Å²) in [4.78, 5) is 12.2. The lowest BCUT2D eigenvalue weighted by molar-refractivity contribution is -0.0221. The van der Waals surface area contributed by atoms with E-state index < -0.39 is 0 Å². The van der Waals surface area contributed by atoms with Gasteiger partial charge in [0.25, 0.3) is 0 Å². The molecule has 0 amide bonds. The number of ether oxygens (including phenoxy) is 1. The predicted octanol–water partition coefficient (Wildman–Crippen LogP) is 3.76. The molecule has 0 aliphatic heterocycles. The summed E-state index contributed by atoms with van der Waals surface area (Å²) in [6, 6.07) is 6.36. The summed E-state index contributed by atoms with van der Waals surface area (Å²) >= 11 is 0. The Morgan fingerprint density at radius 1 is 1.35 bits per heavy atom. The fourth-order valence-corrected chi connectivity index (χ4v) is 4.31. The average molecular weight is 274 g/mol. The van der Waals surface area contributed by atoms with Crippen LogP contribution >= 0.6 is 0 Å². The van der Waals surface area contributed by atoms with Gasteiger partial charge in [0, 0.05) is 5.41 Å². The fourth-order valence-electron chi connectivity index (χ4n) is 4.31. The lowest BCUT2D eigenvalue weighted by Gasteiger charge is -2.38. The third kappa shape index (κ3) is 2.09. The second kappa shape index (κ2) is 4.24. The molecule has 1 N–H and O–H groups in total. The second-order valence-corrected chi connectivity index (χ2v) is 7.40. The number of phenols is 1. The van der Waals surface area contributed by atoms with Crippen LogP contribution in [0.3, 0.4) is 0 Å². The number of rotatable bonds is 2. The van der Waals surface area contributed by atoms with E-state index in [1.54, 1.807) is 18.2 Å². The van der Waals surface area contributed by atoms with Crippen molar-refractivity contribution in [3.8, 4) is 5.75 Å². The molecule has 2 saturated carbocycles. The van der Waals surface area contributed by atoms with Gasteiger partial charge in [-0.1, -0.05) is 26.8 Å². The molecule has 0 spiro atoms. The minimum atomic E-state index is -0.322. The van der Waals surface area contributed by atoms with Crippen molar-refractivity contribution in [2.45, 2.75) is 46.1 Å². The van der Waals surface area contributed by atoms with Crippen LogP contribution in [-0.2, 0) is 4.74 Å². The largest absolute Gasteiger partial charge is 0.508 e. The third-order valence-corrected chi connectivity index (χ3v) is 5.28. The normalized spacial score (nSPS) is 34.1. The summed E-state index contributed by atoms with van der Waals surface area (Å²) in [5.74, 6) is 0.423. The fraction of sp³-hybridized carbons (Fsp3) is 0.588. The molecule has 0 radical (unpaired) electrons. The van der Waals surface area contributed by atoms with Crippen molar-refractivity contribution in [3.05, 3.63) is 29.8 Å². The molecule has 3 rings (SSSR count). The van der Waals surface area contributed by atoms with Crippen molar-refractivity contribution >= 4 is 5.97 Å². The first-order chi connectivity index (χ1) is 9.30. The minimum absolute atomic E-state index is 0.00961. The minimum Gasteiger partial charge on any atom is -0.508 e. The van der Waals surface area contributed by atoms with E-state index in [-0.39, 0.29) is 23.2 Å². The zero-order chi connectivity index (χ0) is 14.5. The number of hydrogen-bond donors (Lipinski definition) is 1. The first-order valence-corrected chi connectivity index (χ1v) is 7.30. The highest BCUT2D eigenvalue weighted by Crippen LogP contribution is 2.63. The molecule has 1 aromatic carbocycles. The molecule has 0 aromatic heterocycles. The van der Waals surface area contributed by atoms with Crippen molar-refractivity contribution in [1.82, 2.24) is 0 Å². The van der Waals surface area contributed by atoms with Crippen molar-refractivity contribution < 1.29 is 14.6 Å². The van der Waals surface area contributed by atoms with Gasteiger partial charge in [-0.2, -0.15) is 0 Å². The molecule has 0 unspecified atom stereocenters. The van der Waals surface area contributed by atoms with E-state index >= 15 is 0 Å². The summed E-state index contributed by atoms with van der Waals surface area (Å²) < 4.78 is 5.73. The molecular formula is C17H22O3. The van der Waals surface area contributed by atoms with Crippen molar-refractivity contribution in [2.75, 3.05) is 0 Å². The molecule has 3 nitrogen and oxygen atoms in total. The van der Waals surface area contributed by atoms with Gasteiger partial charge in [0.2, 0.25) is 0 Å². The van der Waals surface area contributed by atoms with E-state index in [0.717, 1.165) is 19.3 Å². The Bertz CT molecular complexity index is 549. The molecule has 2 bridgehead atoms. The second-order valence-electron chi connectivity index (χ2n) is 7.40. The molecule has 0 saturated heterocycles. The Morgan fingerprint density at radius 2 is 2.10 bits per heavy atom. The van der Waals surface area contributed by atoms with Crippen LogP contribution in [0.5, 0.6) is 5.75 Å². The van der Waals surface area contributed by atoms with Gasteiger partial charge in [-0.15, -0.1) is 0 Å². The van der Waals surface area contributed by atoms with Gasteiger partial charge < -0.3 is 9.84 Å². The Balaban J connectivity index is 1.73. The van der Waals surface area contributed by atoms with Crippen molar-refractivity contribution in [3.63, 3.8) is 0 Å². The zero-order valence-electron chi connectivity index (χ0n) is 12.3. The van der Waals surface area contributed by atoms with Gasteiger partial charge in [0.05, 0.1) is 5.56 Å². The highest BCUT2D eigenvalue weighted by atomic mass is 16.5. The average Bonchev–Trinajstić information content (AvgIpc) is 2.77. The Morgan fingerprint density at radius 3 is 2.65 bits per heavy atom. The van der Waals surface area contributed by atoms with Crippen LogP contribution in [0, 0.1) is 16.7 Å². The number of esters is 1. The number of aromatic hydroxyl groups is 1. The molecule has 3 atom stereocenters. The summed E-state index contributed by atoms with van der Waals surface area (Å²) in [5.41, 5.74) is 0.902. The van der Waals surface area contributed by atoms with E-state index in [0.29, 0.717) is 16.9 Å². The first kappa shape index (κ1) is 13.5. The molecule has 2 aliphatic carbocycles. The molecular weight excluding hydrogens is 252 g/mol. The maximum absolute atomic E-state index is 12.2. The monoisotopic (exact) mass is 274 g/mol. The van der Waals surface area contributed by atoms with Crippen LogP contribution in [0.4, 0.5) is 0 Å². The molecule has 108 valence electrons. The number of carbonyl (C=O) groups is 1. The van der Waals surface area contributed by atoms with Crippen molar-refractivity contribution in [2.24, 2.45) is 16.7 Å². The number of carbonyl (C=O) groups excluding carboxylic acids is 1. The van der Waals surface area contributed by atoms with E-state index in [1.165, 1.54) is 6.07 Å². The highest BCUT2D eigenvalue weighted by Gasteiger charge is 2.58. The standard InChI is InChI=1S/C17H22O3/c1-16(2)10-17(3)9-12(16)8-14(17)20-15(19)11-5-4-6-13(18)7-11/h4-7,12,14,18H,8-10H2,1-3H3/t12-,14-,17-/m1/s1. The Kier molecular flexibility index (Phi) is 2.86. The lowest BCUT2D eigenvalue weighted by Crippen LogP contribution is -2.37. The van der Waals surface area contributed by atoms with E-state index in [1.807, 2.05) is 0 Å². The first-order valence-electron chi connectivity index (χ1n) is 7.30. The van der Waals surface area contributed by atoms with E-state index in [9.17, 15) is 9.90 Å². The van der Waals surface area contributed by atoms with Crippen LogP contribution in [0.25, 0.3) is 0 Å². The third-order valence-electron chi connectivity index (χ3n) is 5.28. The summed E-state index contributed by atoms with van der Waals surface area (Å²) in [7, 11) is 0. The SMILES string of the molecule is CC1(C)C[C@@]2(C)C[C@H]1C[C@H]2OC(=O)c1cccc(O)c1. The van der Waals surface area contributed by atoms with Gasteiger partial charge in [0.1, 0.15) is 11.9 Å². The molecule has 2 aliphatic rings. The molecule has 0 heterocycles. The highest BCUT2D eigenvalue weighted by molar-refractivity contribution is 5.90. The van der Waals surface area contributed by atoms with Gasteiger partial charge in [-0.3, -0.25) is 0 Å². The predicted molar refractivity (Wildman–Crippen MR) is 76.5 cm³/mol. The zero-order valence-corrected chi connectivity index (χ0v) is 12.3. The van der Waals surface area contributed by atoms with Gasteiger partial charge in [-0.05, 0) is 48.8 Å². The summed E-state index contributed by atoms with van der Waals surface area (Å²) in [6.07, 6.45) is 3.24. The number of phenolic OH excluding ortho intramolecular Hbond substituents is 1. The Labute approximate surface area is 120 Å². The summed E-state index contributed by atoms with van der Waals surface area (Å²) in [6.45, 7) is 6.87. The van der Waals surface area contributed by atoms with E-state index in [4.69, 9.17) is 4.74 Å². The van der Waals surface area contributed by atoms with Crippen LogP contribution in [0.1, 0.15) is 50.4 Å². The summed E-state index contributed by atoms with van der Waals surface area (Å²) in [5, 5.41) is 9.44. The van der Waals surface area contributed by atoms with E-state index in [2.05, 4.69) is 20.8 Å². The molecule has 2 fully saturated rings. The van der Waals surface area contributed by atoms with Crippen LogP contribution in [0.2, 0.25) is 0 Å². The topological polar surface area (TPSA) is 46.5 Å². The molecule has 3 heteroatoms. The van der Waals surface area contributed by atoms with Gasteiger partial charge >= 0.3 is 5.97 Å². The number of fused-ring (bicyclic) bond motifs is 2. The van der Waals surface area contributed by atoms with Gasteiger partial charge in [-0.25, -0.2) is 4.79 Å². The Hall–Kier alpha value is -1.51. The van der Waals surface area contributed by atoms with Crippen molar-refractivity contribution in [1.29, 1.82) is 0 Å². The molecule has 20 heavy (non-hydrogen) atoms. The van der Waals surface area contributed by atoms with Gasteiger partial charge in [0.15, 0.2) is 0 Å². The number of hydrogen-bond acceptors (Lipinski definition) is 3. The quantitative estimate of drug-likeness (QED) is 0.835. The number of benzene rings is 1. The maximum atomic E-state index is 12.2. The molecule has 1 aromatic rings. The van der Waals surface area contributed by atoms with Crippen LogP contribution < -0.4 is 0 Å². The maximum Gasteiger partial charge on any atom is 0.338 e. The smallest absolute Gasteiger partial charge is 0.338 e. The van der Waals surface area contributed by atoms with Crippen LogP contribution in [-0.4, -0.2) is 17.2 Å².